The molecule has 2 amide bonds. The zero-order valence-electron chi connectivity index (χ0n) is 16.5. The molecule has 0 aliphatic carbocycles. The minimum atomic E-state index is -0.343. The molecular weight excluding hydrogens is 424 g/mol. The smallest absolute Gasteiger partial charge is 0.291 e. The molecule has 0 saturated heterocycles. The quantitative estimate of drug-likeness (QED) is 0.435. The number of hydrogen-bond acceptors (Lipinski definition) is 5. The first-order valence-corrected chi connectivity index (χ1v) is 10.5. The van der Waals surface area contributed by atoms with E-state index in [-0.39, 0.29) is 22.8 Å². The summed E-state index contributed by atoms with van der Waals surface area (Å²) in [5.74, 6) is 0.276. The Morgan fingerprint density at radius 2 is 1.97 bits per heavy atom. The summed E-state index contributed by atoms with van der Waals surface area (Å²) in [5, 5.41) is 5.84. The molecule has 2 N–H and O–H groups in total. The van der Waals surface area contributed by atoms with E-state index in [0.717, 1.165) is 4.90 Å². The van der Waals surface area contributed by atoms with Gasteiger partial charge in [0.1, 0.15) is 5.75 Å². The third-order valence-corrected chi connectivity index (χ3v) is 5.79. The Balaban J connectivity index is 1.69. The van der Waals surface area contributed by atoms with Gasteiger partial charge < -0.3 is 19.8 Å². The molecule has 3 aromatic rings. The van der Waals surface area contributed by atoms with Crippen molar-refractivity contribution >= 4 is 46.6 Å². The topological polar surface area (TPSA) is 80.6 Å². The van der Waals surface area contributed by atoms with E-state index in [2.05, 4.69) is 10.6 Å². The summed E-state index contributed by atoms with van der Waals surface area (Å²) in [6.45, 7) is 1.94. The Kier molecular flexibility index (Phi) is 7.43. The van der Waals surface area contributed by atoms with Crippen molar-refractivity contribution in [3.05, 3.63) is 71.6 Å². The Hall–Kier alpha value is -2.90. The van der Waals surface area contributed by atoms with Crippen LogP contribution in [0.25, 0.3) is 0 Å². The number of halogens is 1. The van der Waals surface area contributed by atoms with Crippen molar-refractivity contribution in [3.8, 4) is 5.75 Å². The standard InChI is InChI=1S/C22H21ClN2O4S/c1-3-20(22(27)25-17-12-14(23)9-10-18(17)28-2)30-16-7-4-6-15(13-16)24-21(26)19-8-5-11-29-19/h4-13,20H,3H2,1-2H3,(H,24,26)(H,25,27). The van der Waals surface area contributed by atoms with Crippen molar-refractivity contribution in [2.24, 2.45) is 0 Å². The molecule has 0 aliphatic heterocycles. The van der Waals surface area contributed by atoms with E-state index in [1.165, 1.54) is 25.1 Å². The number of methoxy groups -OCH3 is 1. The first kappa shape index (κ1) is 21.8. The SMILES string of the molecule is CCC(Sc1cccc(NC(=O)c2ccco2)c1)C(=O)Nc1cc(Cl)ccc1OC. The maximum absolute atomic E-state index is 12.8. The van der Waals surface area contributed by atoms with Crippen LogP contribution in [0.4, 0.5) is 11.4 Å². The maximum atomic E-state index is 12.8. The summed E-state index contributed by atoms with van der Waals surface area (Å²) in [5.41, 5.74) is 1.14. The van der Waals surface area contributed by atoms with Gasteiger partial charge in [-0.2, -0.15) is 0 Å². The van der Waals surface area contributed by atoms with E-state index < -0.39 is 0 Å². The van der Waals surface area contributed by atoms with Crippen LogP contribution < -0.4 is 15.4 Å². The fourth-order valence-corrected chi connectivity index (χ4v) is 3.91. The van der Waals surface area contributed by atoms with Gasteiger partial charge in [-0.05, 0) is 55.0 Å². The second-order valence-electron chi connectivity index (χ2n) is 6.31. The highest BCUT2D eigenvalue weighted by molar-refractivity contribution is 8.00. The highest BCUT2D eigenvalue weighted by Crippen LogP contribution is 2.31. The first-order valence-electron chi connectivity index (χ1n) is 9.26. The van der Waals surface area contributed by atoms with E-state index in [0.29, 0.717) is 28.6 Å². The van der Waals surface area contributed by atoms with Crippen LogP contribution in [-0.2, 0) is 4.79 Å². The Morgan fingerprint density at radius 3 is 2.67 bits per heavy atom. The Bertz CT molecular complexity index is 1020. The second kappa shape index (κ2) is 10.2. The number of ether oxygens (including phenoxy) is 1. The van der Waals surface area contributed by atoms with E-state index in [4.69, 9.17) is 20.8 Å². The van der Waals surface area contributed by atoms with Crippen LogP contribution in [0.5, 0.6) is 5.75 Å². The van der Waals surface area contributed by atoms with Gasteiger partial charge in [0.2, 0.25) is 5.91 Å². The fraction of sp³-hybridized carbons (Fsp3) is 0.182. The summed E-state index contributed by atoms with van der Waals surface area (Å²) in [7, 11) is 1.54. The van der Waals surface area contributed by atoms with Gasteiger partial charge in [0.15, 0.2) is 5.76 Å². The van der Waals surface area contributed by atoms with E-state index in [9.17, 15) is 9.59 Å². The molecule has 0 spiro atoms. The zero-order valence-corrected chi connectivity index (χ0v) is 18.0. The molecule has 1 aromatic heterocycles. The van der Waals surface area contributed by atoms with E-state index in [1.807, 2.05) is 25.1 Å². The predicted octanol–water partition coefficient (Wildman–Crippen LogP) is 5.70. The minimum Gasteiger partial charge on any atom is -0.495 e. The van der Waals surface area contributed by atoms with Gasteiger partial charge in [-0.1, -0.05) is 24.6 Å². The lowest BCUT2D eigenvalue weighted by atomic mass is 10.2. The van der Waals surface area contributed by atoms with Gasteiger partial charge >= 0.3 is 0 Å². The summed E-state index contributed by atoms with van der Waals surface area (Å²) < 4.78 is 10.4. The molecule has 1 atom stereocenters. The molecule has 0 bridgehead atoms. The molecule has 2 aromatic carbocycles. The first-order chi connectivity index (χ1) is 14.5. The number of carbonyl (C=O) groups excluding carboxylic acids is 2. The number of anilines is 2. The summed E-state index contributed by atoms with van der Waals surface area (Å²) >= 11 is 7.46. The van der Waals surface area contributed by atoms with Gasteiger partial charge in [-0.3, -0.25) is 9.59 Å². The highest BCUT2D eigenvalue weighted by atomic mass is 35.5. The lowest BCUT2D eigenvalue weighted by molar-refractivity contribution is -0.115. The minimum absolute atomic E-state index is 0.159. The Labute approximate surface area is 183 Å². The molecule has 0 aliphatic rings. The van der Waals surface area contributed by atoms with Crippen LogP contribution in [0, 0.1) is 0 Å². The summed E-state index contributed by atoms with van der Waals surface area (Å²) in [6.07, 6.45) is 2.06. The van der Waals surface area contributed by atoms with Crippen LogP contribution in [0.2, 0.25) is 5.02 Å². The van der Waals surface area contributed by atoms with Crippen LogP contribution >= 0.6 is 23.4 Å². The molecule has 156 valence electrons. The van der Waals surface area contributed by atoms with Crippen LogP contribution in [-0.4, -0.2) is 24.2 Å². The lowest BCUT2D eigenvalue weighted by Crippen LogP contribution is -2.24. The third-order valence-electron chi connectivity index (χ3n) is 4.20. The zero-order chi connectivity index (χ0) is 21.5. The van der Waals surface area contributed by atoms with Gasteiger partial charge in [0.25, 0.3) is 5.91 Å². The van der Waals surface area contributed by atoms with Crippen LogP contribution in [0.3, 0.4) is 0 Å². The molecule has 0 fully saturated rings. The van der Waals surface area contributed by atoms with Gasteiger partial charge in [0.05, 0.1) is 24.3 Å². The Morgan fingerprint density at radius 1 is 1.13 bits per heavy atom. The van der Waals surface area contributed by atoms with E-state index in [1.54, 1.807) is 36.4 Å². The third kappa shape index (κ3) is 5.58. The maximum Gasteiger partial charge on any atom is 0.291 e. The largest absolute Gasteiger partial charge is 0.495 e. The number of carbonyl (C=O) groups is 2. The predicted molar refractivity (Wildman–Crippen MR) is 120 cm³/mol. The van der Waals surface area contributed by atoms with Crippen LogP contribution in [0.1, 0.15) is 23.9 Å². The van der Waals surface area contributed by atoms with Gasteiger partial charge in [-0.25, -0.2) is 0 Å². The highest BCUT2D eigenvalue weighted by Gasteiger charge is 2.20. The fourth-order valence-electron chi connectivity index (χ4n) is 2.73. The number of rotatable bonds is 8. The number of furan rings is 1. The molecule has 30 heavy (non-hydrogen) atoms. The molecular formula is C22H21ClN2O4S. The molecule has 8 heteroatoms. The second-order valence-corrected chi connectivity index (χ2v) is 8.02. The van der Waals surface area contributed by atoms with Crippen LogP contribution in [0.15, 0.2) is 70.2 Å². The monoisotopic (exact) mass is 444 g/mol. The molecule has 3 rings (SSSR count). The average molecular weight is 445 g/mol. The number of benzene rings is 2. The molecule has 1 heterocycles. The molecule has 0 radical (unpaired) electrons. The number of amides is 2. The van der Waals surface area contributed by atoms with Gasteiger partial charge in [-0.15, -0.1) is 11.8 Å². The lowest BCUT2D eigenvalue weighted by Gasteiger charge is -2.17. The number of nitrogens with one attached hydrogen (secondary N) is 2. The molecule has 1 unspecified atom stereocenters. The molecule has 0 saturated carbocycles. The normalized spacial score (nSPS) is 11.6. The summed E-state index contributed by atoms with van der Waals surface area (Å²) in [4.78, 5) is 25.9. The number of thioether (sulfide) groups is 1. The number of hydrogen-bond donors (Lipinski definition) is 2. The van der Waals surface area contributed by atoms with Crippen molar-refractivity contribution in [1.82, 2.24) is 0 Å². The summed E-state index contributed by atoms with van der Waals surface area (Å²) in [6, 6.07) is 15.6. The van der Waals surface area contributed by atoms with Crippen molar-refractivity contribution in [2.75, 3.05) is 17.7 Å². The average Bonchev–Trinajstić information content (AvgIpc) is 3.27. The van der Waals surface area contributed by atoms with Gasteiger partial charge in [0, 0.05) is 15.6 Å². The van der Waals surface area contributed by atoms with Crippen molar-refractivity contribution < 1.29 is 18.7 Å². The van der Waals surface area contributed by atoms with E-state index >= 15 is 0 Å². The van der Waals surface area contributed by atoms with Crippen molar-refractivity contribution in [1.29, 1.82) is 0 Å². The van der Waals surface area contributed by atoms with Crippen molar-refractivity contribution in [2.45, 2.75) is 23.5 Å². The molecule has 6 nitrogen and oxygen atoms in total. The van der Waals surface area contributed by atoms with Crippen molar-refractivity contribution in [3.63, 3.8) is 0 Å².